The average molecular weight is 372 g/mol. The second-order valence-electron chi connectivity index (χ2n) is 7.64. The zero-order chi connectivity index (χ0) is 19.4. The highest BCUT2D eigenvalue weighted by Gasteiger charge is 1.96. The molecule has 2 heteroatoms. The maximum absolute atomic E-state index is 11.8. The molecule has 27 heavy (non-hydrogen) atoms. The molecule has 0 fully saturated rings. The zero-order valence-electron chi connectivity index (χ0n) is 17.6. The van der Waals surface area contributed by atoms with Crippen LogP contribution in [-0.4, -0.2) is 5.91 Å². The molecule has 1 aromatic rings. The van der Waals surface area contributed by atoms with Crippen LogP contribution >= 0.6 is 0 Å². The van der Waals surface area contributed by atoms with Crippen LogP contribution in [0.25, 0.3) is 0 Å². The Morgan fingerprint density at radius 2 is 1.30 bits per heavy atom. The Hall–Kier alpha value is -1.57. The minimum absolute atomic E-state index is 0.00791. The summed E-state index contributed by atoms with van der Waals surface area (Å²) in [6.07, 6.45) is 22.6. The van der Waals surface area contributed by atoms with Crippen molar-refractivity contribution in [3.8, 4) is 0 Å². The molecule has 0 saturated heterocycles. The van der Waals surface area contributed by atoms with Gasteiger partial charge in [-0.2, -0.15) is 0 Å². The van der Waals surface area contributed by atoms with Crippen molar-refractivity contribution in [2.24, 2.45) is 0 Å². The number of benzene rings is 1. The number of rotatable bonds is 17. The SMILES string of the molecule is CCCCCCCCCCCCCCC/C=C/C(=O)NCc1ccccc1. The van der Waals surface area contributed by atoms with Gasteiger partial charge in [0.2, 0.25) is 5.91 Å². The number of nitrogens with one attached hydrogen (secondary N) is 1. The van der Waals surface area contributed by atoms with Crippen LogP contribution in [-0.2, 0) is 11.3 Å². The molecular formula is C25H41NO. The maximum atomic E-state index is 11.8. The summed E-state index contributed by atoms with van der Waals surface area (Å²) in [5, 5.41) is 2.92. The van der Waals surface area contributed by atoms with Crippen molar-refractivity contribution in [1.29, 1.82) is 0 Å². The van der Waals surface area contributed by atoms with Gasteiger partial charge in [-0.15, -0.1) is 0 Å². The number of carbonyl (C=O) groups is 1. The Bertz CT molecular complexity index is 480. The molecule has 152 valence electrons. The fraction of sp³-hybridized carbons (Fsp3) is 0.640. The van der Waals surface area contributed by atoms with Crippen LogP contribution in [0.5, 0.6) is 0 Å². The molecule has 2 nitrogen and oxygen atoms in total. The van der Waals surface area contributed by atoms with E-state index in [-0.39, 0.29) is 5.91 Å². The van der Waals surface area contributed by atoms with E-state index in [0.717, 1.165) is 12.0 Å². The first-order valence-corrected chi connectivity index (χ1v) is 11.3. The number of carbonyl (C=O) groups excluding carboxylic acids is 1. The van der Waals surface area contributed by atoms with Gasteiger partial charge >= 0.3 is 0 Å². The van der Waals surface area contributed by atoms with Crippen LogP contribution in [0.4, 0.5) is 0 Å². The summed E-state index contributed by atoms with van der Waals surface area (Å²) in [5.74, 6) is 0.00791. The summed E-state index contributed by atoms with van der Waals surface area (Å²) in [7, 11) is 0. The third kappa shape index (κ3) is 15.2. The number of amides is 1. The molecule has 0 spiro atoms. The second kappa shape index (κ2) is 17.8. The summed E-state index contributed by atoms with van der Waals surface area (Å²) in [5.41, 5.74) is 1.13. The Morgan fingerprint density at radius 1 is 0.778 bits per heavy atom. The Labute approximate surface area is 167 Å². The molecule has 0 aliphatic carbocycles. The standard InChI is InChI=1S/C25H41NO/c1-2-3-4-5-6-7-8-9-10-11-12-13-14-15-19-22-25(27)26-23-24-20-17-16-18-21-24/h16-22H,2-15,23H2,1H3,(H,26,27)/b22-19+. The molecule has 1 N–H and O–H groups in total. The van der Waals surface area contributed by atoms with Crippen LogP contribution in [0.3, 0.4) is 0 Å². The minimum Gasteiger partial charge on any atom is -0.348 e. The van der Waals surface area contributed by atoms with Gasteiger partial charge in [0.1, 0.15) is 0 Å². The lowest BCUT2D eigenvalue weighted by Gasteiger charge is -2.03. The molecule has 1 amide bonds. The van der Waals surface area contributed by atoms with E-state index in [4.69, 9.17) is 0 Å². The lowest BCUT2D eigenvalue weighted by Crippen LogP contribution is -2.20. The van der Waals surface area contributed by atoms with Crippen molar-refractivity contribution in [3.63, 3.8) is 0 Å². The fourth-order valence-corrected chi connectivity index (χ4v) is 3.31. The molecule has 1 rings (SSSR count). The number of hydrogen-bond donors (Lipinski definition) is 1. The summed E-state index contributed by atoms with van der Waals surface area (Å²) in [6, 6.07) is 10.0. The molecule has 1 aromatic carbocycles. The molecular weight excluding hydrogens is 330 g/mol. The first-order chi connectivity index (χ1) is 13.3. The molecule has 0 heterocycles. The first kappa shape index (κ1) is 23.5. The van der Waals surface area contributed by atoms with Gasteiger partial charge in [0.25, 0.3) is 0 Å². The lowest BCUT2D eigenvalue weighted by molar-refractivity contribution is -0.116. The highest BCUT2D eigenvalue weighted by atomic mass is 16.1. The van der Waals surface area contributed by atoms with Crippen molar-refractivity contribution in [1.82, 2.24) is 5.32 Å². The Kier molecular flexibility index (Phi) is 15.5. The van der Waals surface area contributed by atoms with Gasteiger partial charge in [-0.25, -0.2) is 0 Å². The van der Waals surface area contributed by atoms with Crippen LogP contribution < -0.4 is 5.32 Å². The molecule has 0 unspecified atom stereocenters. The molecule has 0 aromatic heterocycles. The van der Waals surface area contributed by atoms with Crippen LogP contribution in [0, 0.1) is 0 Å². The third-order valence-corrected chi connectivity index (χ3v) is 5.05. The molecule has 0 bridgehead atoms. The molecule has 0 atom stereocenters. The average Bonchev–Trinajstić information content (AvgIpc) is 2.70. The van der Waals surface area contributed by atoms with Gasteiger partial charge in [-0.05, 0) is 24.5 Å². The van der Waals surface area contributed by atoms with E-state index < -0.39 is 0 Å². The van der Waals surface area contributed by atoms with Crippen molar-refractivity contribution in [3.05, 3.63) is 48.0 Å². The Balaban J connectivity index is 1.83. The van der Waals surface area contributed by atoms with E-state index in [9.17, 15) is 4.79 Å². The van der Waals surface area contributed by atoms with Crippen LogP contribution in [0.2, 0.25) is 0 Å². The number of hydrogen-bond acceptors (Lipinski definition) is 1. The molecule has 0 radical (unpaired) electrons. The summed E-state index contributed by atoms with van der Waals surface area (Å²) in [6.45, 7) is 2.88. The second-order valence-corrected chi connectivity index (χ2v) is 7.64. The van der Waals surface area contributed by atoms with Gasteiger partial charge in [0.05, 0.1) is 0 Å². The van der Waals surface area contributed by atoms with E-state index in [0.29, 0.717) is 6.54 Å². The molecule has 0 saturated carbocycles. The highest BCUT2D eigenvalue weighted by Crippen LogP contribution is 2.13. The Morgan fingerprint density at radius 3 is 1.85 bits per heavy atom. The van der Waals surface area contributed by atoms with E-state index in [1.807, 2.05) is 36.4 Å². The monoisotopic (exact) mass is 371 g/mol. The molecule has 0 aliphatic heterocycles. The van der Waals surface area contributed by atoms with Gasteiger partial charge in [-0.1, -0.05) is 120 Å². The minimum atomic E-state index is 0.00791. The van der Waals surface area contributed by atoms with Crippen LogP contribution in [0.1, 0.15) is 102 Å². The van der Waals surface area contributed by atoms with Crippen LogP contribution in [0.15, 0.2) is 42.5 Å². The summed E-state index contributed by atoms with van der Waals surface area (Å²) < 4.78 is 0. The smallest absolute Gasteiger partial charge is 0.243 e. The predicted molar refractivity (Wildman–Crippen MR) is 118 cm³/mol. The molecule has 0 aliphatic rings. The van der Waals surface area contributed by atoms with Gasteiger partial charge in [0.15, 0.2) is 0 Å². The van der Waals surface area contributed by atoms with Gasteiger partial charge in [-0.3, -0.25) is 4.79 Å². The summed E-state index contributed by atoms with van der Waals surface area (Å²) >= 11 is 0. The lowest BCUT2D eigenvalue weighted by atomic mass is 10.0. The normalized spacial score (nSPS) is 11.1. The first-order valence-electron chi connectivity index (χ1n) is 11.3. The zero-order valence-corrected chi connectivity index (χ0v) is 17.6. The quantitative estimate of drug-likeness (QED) is 0.225. The van der Waals surface area contributed by atoms with E-state index in [1.54, 1.807) is 6.08 Å². The topological polar surface area (TPSA) is 29.1 Å². The summed E-state index contributed by atoms with van der Waals surface area (Å²) in [4.78, 5) is 11.8. The van der Waals surface area contributed by atoms with Gasteiger partial charge < -0.3 is 5.32 Å². The van der Waals surface area contributed by atoms with E-state index in [1.165, 1.54) is 83.5 Å². The highest BCUT2D eigenvalue weighted by molar-refractivity contribution is 5.87. The number of unbranched alkanes of at least 4 members (excludes halogenated alkanes) is 13. The van der Waals surface area contributed by atoms with E-state index >= 15 is 0 Å². The van der Waals surface area contributed by atoms with Crippen molar-refractivity contribution >= 4 is 5.91 Å². The van der Waals surface area contributed by atoms with E-state index in [2.05, 4.69) is 12.2 Å². The largest absolute Gasteiger partial charge is 0.348 e. The van der Waals surface area contributed by atoms with Crippen molar-refractivity contribution < 1.29 is 4.79 Å². The van der Waals surface area contributed by atoms with Gasteiger partial charge in [0, 0.05) is 6.54 Å². The number of allylic oxidation sites excluding steroid dienone is 1. The maximum Gasteiger partial charge on any atom is 0.243 e. The van der Waals surface area contributed by atoms with Crippen molar-refractivity contribution in [2.75, 3.05) is 0 Å². The van der Waals surface area contributed by atoms with Crippen molar-refractivity contribution in [2.45, 2.75) is 103 Å². The fourth-order valence-electron chi connectivity index (χ4n) is 3.31. The predicted octanol–water partition coefficient (Wildman–Crippen LogP) is 7.34. The third-order valence-electron chi connectivity index (χ3n) is 5.05.